The van der Waals surface area contributed by atoms with Crippen molar-refractivity contribution in [1.82, 2.24) is 5.32 Å². The van der Waals surface area contributed by atoms with E-state index in [4.69, 9.17) is 9.47 Å². The van der Waals surface area contributed by atoms with E-state index in [-0.39, 0.29) is 11.4 Å². The molecule has 0 amide bonds. The number of rotatable bonds is 9. The van der Waals surface area contributed by atoms with Gasteiger partial charge in [0.1, 0.15) is 5.82 Å². The van der Waals surface area contributed by atoms with Crippen LogP contribution in [0.15, 0.2) is 24.3 Å². The summed E-state index contributed by atoms with van der Waals surface area (Å²) in [4.78, 5) is 0. The lowest BCUT2D eigenvalue weighted by Gasteiger charge is -2.25. The lowest BCUT2D eigenvalue weighted by atomic mass is 9.94. The molecule has 0 aliphatic rings. The van der Waals surface area contributed by atoms with Crippen molar-refractivity contribution in [2.75, 3.05) is 33.5 Å². The van der Waals surface area contributed by atoms with Crippen LogP contribution >= 0.6 is 0 Å². The monoisotopic (exact) mass is 297 g/mol. The Morgan fingerprint density at radius 1 is 1.10 bits per heavy atom. The summed E-state index contributed by atoms with van der Waals surface area (Å²) in [6.07, 6.45) is 0.901. The third kappa shape index (κ3) is 8.15. The predicted octanol–water partition coefficient (Wildman–Crippen LogP) is 3.35. The van der Waals surface area contributed by atoms with Crippen LogP contribution in [0.3, 0.4) is 0 Å². The standard InChI is InChI=1S/C17H28FNO2/c1-17(2,3)19-13-15(9-10-21-12-11-20-4)14-5-7-16(18)8-6-14/h5-8,15,19H,9-13H2,1-4H3. The van der Waals surface area contributed by atoms with E-state index >= 15 is 0 Å². The largest absolute Gasteiger partial charge is 0.382 e. The molecular weight excluding hydrogens is 269 g/mol. The number of nitrogens with one attached hydrogen (secondary N) is 1. The fraction of sp³-hybridized carbons (Fsp3) is 0.647. The molecule has 4 heteroatoms. The molecule has 0 radical (unpaired) electrons. The van der Waals surface area contributed by atoms with Crippen LogP contribution in [0.1, 0.15) is 38.7 Å². The Kier molecular flexibility index (Phi) is 7.86. The van der Waals surface area contributed by atoms with E-state index in [1.54, 1.807) is 7.11 Å². The molecule has 0 aliphatic carbocycles. The lowest BCUT2D eigenvalue weighted by Crippen LogP contribution is -2.38. The molecule has 1 aromatic rings. The number of methoxy groups -OCH3 is 1. The molecule has 0 bridgehead atoms. The summed E-state index contributed by atoms with van der Waals surface area (Å²) < 4.78 is 23.6. The van der Waals surface area contributed by atoms with Gasteiger partial charge in [0, 0.05) is 25.8 Å². The summed E-state index contributed by atoms with van der Waals surface area (Å²) >= 11 is 0. The maximum atomic E-state index is 13.1. The third-order valence-electron chi connectivity index (χ3n) is 3.26. The maximum Gasteiger partial charge on any atom is 0.123 e. The zero-order chi connectivity index (χ0) is 15.7. The number of halogens is 1. The fourth-order valence-corrected chi connectivity index (χ4v) is 2.02. The molecular formula is C17H28FNO2. The first-order valence-electron chi connectivity index (χ1n) is 7.49. The van der Waals surface area contributed by atoms with E-state index in [0.717, 1.165) is 18.5 Å². The number of hydrogen-bond acceptors (Lipinski definition) is 3. The number of benzene rings is 1. The van der Waals surface area contributed by atoms with Crippen LogP contribution in [0, 0.1) is 5.82 Å². The van der Waals surface area contributed by atoms with Crippen molar-refractivity contribution in [3.05, 3.63) is 35.6 Å². The van der Waals surface area contributed by atoms with Gasteiger partial charge in [0.25, 0.3) is 0 Å². The molecule has 3 nitrogen and oxygen atoms in total. The van der Waals surface area contributed by atoms with Crippen molar-refractivity contribution in [3.8, 4) is 0 Å². The van der Waals surface area contributed by atoms with Gasteiger partial charge in [-0.25, -0.2) is 4.39 Å². The molecule has 1 unspecified atom stereocenters. The average Bonchev–Trinajstić information content (AvgIpc) is 2.42. The van der Waals surface area contributed by atoms with E-state index in [0.29, 0.717) is 25.7 Å². The summed E-state index contributed by atoms with van der Waals surface area (Å²) in [7, 11) is 1.66. The van der Waals surface area contributed by atoms with Gasteiger partial charge in [0.2, 0.25) is 0 Å². The van der Waals surface area contributed by atoms with E-state index in [1.165, 1.54) is 12.1 Å². The molecule has 120 valence electrons. The van der Waals surface area contributed by atoms with E-state index in [9.17, 15) is 4.39 Å². The quantitative estimate of drug-likeness (QED) is 0.709. The summed E-state index contributed by atoms with van der Waals surface area (Å²) in [5, 5.41) is 3.51. The second-order valence-electron chi connectivity index (χ2n) is 6.27. The molecule has 1 atom stereocenters. The zero-order valence-corrected chi connectivity index (χ0v) is 13.6. The van der Waals surface area contributed by atoms with Crippen molar-refractivity contribution >= 4 is 0 Å². The smallest absolute Gasteiger partial charge is 0.123 e. The van der Waals surface area contributed by atoms with Gasteiger partial charge < -0.3 is 14.8 Å². The summed E-state index contributed by atoms with van der Waals surface area (Å²) in [5.74, 6) is 0.116. The van der Waals surface area contributed by atoms with Gasteiger partial charge in [-0.05, 0) is 50.8 Å². The summed E-state index contributed by atoms with van der Waals surface area (Å²) in [6, 6.07) is 6.76. The van der Waals surface area contributed by atoms with E-state index in [1.807, 2.05) is 12.1 Å². The van der Waals surface area contributed by atoms with Crippen molar-refractivity contribution in [3.63, 3.8) is 0 Å². The van der Waals surface area contributed by atoms with Gasteiger partial charge in [-0.1, -0.05) is 12.1 Å². The summed E-state index contributed by atoms with van der Waals surface area (Å²) in [6.45, 7) is 9.18. The van der Waals surface area contributed by atoms with Gasteiger partial charge in [-0.2, -0.15) is 0 Å². The topological polar surface area (TPSA) is 30.5 Å². The Morgan fingerprint density at radius 3 is 2.33 bits per heavy atom. The molecule has 1 rings (SSSR count). The molecule has 0 saturated heterocycles. The molecule has 0 aromatic heterocycles. The Morgan fingerprint density at radius 2 is 1.76 bits per heavy atom. The van der Waals surface area contributed by atoms with Crippen molar-refractivity contribution < 1.29 is 13.9 Å². The predicted molar refractivity (Wildman–Crippen MR) is 84.2 cm³/mol. The molecule has 1 N–H and O–H groups in total. The van der Waals surface area contributed by atoms with Crippen molar-refractivity contribution in [1.29, 1.82) is 0 Å². The normalized spacial score (nSPS) is 13.4. The first kappa shape index (κ1) is 18.1. The van der Waals surface area contributed by atoms with Crippen LogP contribution in [0.2, 0.25) is 0 Å². The zero-order valence-electron chi connectivity index (χ0n) is 13.6. The first-order chi connectivity index (χ1) is 9.92. The number of hydrogen-bond donors (Lipinski definition) is 1. The minimum absolute atomic E-state index is 0.0647. The highest BCUT2D eigenvalue weighted by atomic mass is 19.1. The minimum Gasteiger partial charge on any atom is -0.382 e. The van der Waals surface area contributed by atoms with E-state index in [2.05, 4.69) is 26.1 Å². The molecule has 21 heavy (non-hydrogen) atoms. The van der Waals surface area contributed by atoms with Gasteiger partial charge in [-0.3, -0.25) is 0 Å². The Labute approximate surface area is 127 Å². The summed E-state index contributed by atoms with van der Waals surface area (Å²) in [5.41, 5.74) is 1.21. The van der Waals surface area contributed by atoms with Crippen molar-refractivity contribution in [2.45, 2.75) is 38.6 Å². The third-order valence-corrected chi connectivity index (χ3v) is 3.26. The second-order valence-corrected chi connectivity index (χ2v) is 6.27. The Balaban J connectivity index is 2.55. The van der Waals surface area contributed by atoms with Crippen LogP contribution in [-0.4, -0.2) is 39.0 Å². The van der Waals surface area contributed by atoms with Gasteiger partial charge in [0.15, 0.2) is 0 Å². The highest BCUT2D eigenvalue weighted by Crippen LogP contribution is 2.20. The van der Waals surface area contributed by atoms with Crippen LogP contribution in [-0.2, 0) is 9.47 Å². The molecule has 0 fully saturated rings. The molecule has 1 aromatic carbocycles. The van der Waals surface area contributed by atoms with Crippen LogP contribution < -0.4 is 5.32 Å². The fourth-order valence-electron chi connectivity index (χ4n) is 2.02. The average molecular weight is 297 g/mol. The highest BCUT2D eigenvalue weighted by Gasteiger charge is 2.16. The van der Waals surface area contributed by atoms with Crippen LogP contribution in [0.25, 0.3) is 0 Å². The minimum atomic E-state index is -0.197. The Hall–Kier alpha value is -0.970. The molecule has 0 aliphatic heterocycles. The Bertz CT molecular complexity index is 387. The maximum absolute atomic E-state index is 13.1. The van der Waals surface area contributed by atoms with Crippen LogP contribution in [0.4, 0.5) is 4.39 Å². The van der Waals surface area contributed by atoms with E-state index < -0.39 is 0 Å². The molecule has 0 spiro atoms. The number of ether oxygens (including phenoxy) is 2. The lowest BCUT2D eigenvalue weighted by molar-refractivity contribution is 0.0667. The van der Waals surface area contributed by atoms with Gasteiger partial charge in [0.05, 0.1) is 13.2 Å². The highest BCUT2D eigenvalue weighted by molar-refractivity contribution is 5.21. The van der Waals surface area contributed by atoms with Gasteiger partial charge in [-0.15, -0.1) is 0 Å². The molecule has 0 heterocycles. The van der Waals surface area contributed by atoms with Gasteiger partial charge >= 0.3 is 0 Å². The first-order valence-corrected chi connectivity index (χ1v) is 7.49. The van der Waals surface area contributed by atoms with Crippen LogP contribution in [0.5, 0.6) is 0 Å². The second kappa shape index (κ2) is 9.13. The molecule has 0 saturated carbocycles. The van der Waals surface area contributed by atoms with Crippen molar-refractivity contribution in [2.24, 2.45) is 0 Å². The SMILES string of the molecule is COCCOCCC(CNC(C)(C)C)c1ccc(F)cc1.